The van der Waals surface area contributed by atoms with Gasteiger partial charge in [0.1, 0.15) is 11.6 Å². The molecule has 0 atom stereocenters. The molecule has 1 aromatic heterocycles. The second kappa shape index (κ2) is 4.97. The van der Waals surface area contributed by atoms with E-state index in [9.17, 15) is 0 Å². The Balaban J connectivity index is 1.89. The number of benzene rings is 1. The molecule has 2 aromatic rings. The number of hydrazine groups is 1. The van der Waals surface area contributed by atoms with Crippen molar-refractivity contribution >= 4 is 5.82 Å². The van der Waals surface area contributed by atoms with Crippen LogP contribution in [0.2, 0.25) is 0 Å². The van der Waals surface area contributed by atoms with E-state index >= 15 is 0 Å². The van der Waals surface area contributed by atoms with Gasteiger partial charge in [0.25, 0.3) is 0 Å². The van der Waals surface area contributed by atoms with Crippen molar-refractivity contribution in [1.29, 1.82) is 0 Å². The maximum atomic E-state index is 5.49. The Morgan fingerprint density at radius 1 is 1.26 bits per heavy atom. The third kappa shape index (κ3) is 2.90. The average Bonchev–Trinajstić information content (AvgIpc) is 3.22. The van der Waals surface area contributed by atoms with Crippen LogP contribution in [0.15, 0.2) is 30.3 Å². The standard InChI is InChI=1S/C15H18N4/c1-10-3-2-4-11(7-10)8-14-17-13(12-5-6-12)9-15(18-14)19-16/h2-4,7,9,12H,5-6,8,16H2,1H3,(H,17,18,19). The summed E-state index contributed by atoms with van der Waals surface area (Å²) in [6.45, 7) is 2.10. The van der Waals surface area contributed by atoms with Crippen molar-refractivity contribution < 1.29 is 0 Å². The first kappa shape index (κ1) is 12.1. The predicted octanol–water partition coefficient (Wildman–Crippen LogP) is 2.54. The molecule has 1 aliphatic carbocycles. The zero-order chi connectivity index (χ0) is 13.2. The number of rotatable bonds is 4. The molecule has 19 heavy (non-hydrogen) atoms. The van der Waals surface area contributed by atoms with Gasteiger partial charge in [0.15, 0.2) is 0 Å². The molecule has 1 aromatic carbocycles. The number of hydrogen-bond acceptors (Lipinski definition) is 4. The summed E-state index contributed by atoms with van der Waals surface area (Å²) < 4.78 is 0. The van der Waals surface area contributed by atoms with Crippen LogP contribution in [0.25, 0.3) is 0 Å². The predicted molar refractivity (Wildman–Crippen MR) is 75.8 cm³/mol. The van der Waals surface area contributed by atoms with Crippen molar-refractivity contribution in [1.82, 2.24) is 9.97 Å². The van der Waals surface area contributed by atoms with E-state index < -0.39 is 0 Å². The van der Waals surface area contributed by atoms with Crippen molar-refractivity contribution in [2.24, 2.45) is 5.84 Å². The molecule has 4 heteroatoms. The Kier molecular flexibility index (Phi) is 3.17. The molecule has 4 nitrogen and oxygen atoms in total. The molecular formula is C15H18N4. The smallest absolute Gasteiger partial charge is 0.143 e. The summed E-state index contributed by atoms with van der Waals surface area (Å²) in [5, 5.41) is 0. The number of nitrogens with zero attached hydrogens (tertiary/aromatic N) is 2. The van der Waals surface area contributed by atoms with Crippen LogP contribution in [-0.4, -0.2) is 9.97 Å². The number of nitrogens with one attached hydrogen (secondary N) is 1. The maximum Gasteiger partial charge on any atom is 0.143 e. The number of nitrogens with two attached hydrogens (primary N) is 1. The molecule has 0 amide bonds. The summed E-state index contributed by atoms with van der Waals surface area (Å²) in [6, 6.07) is 10.4. The molecule has 3 N–H and O–H groups in total. The van der Waals surface area contributed by atoms with Crippen LogP contribution < -0.4 is 11.3 Å². The van der Waals surface area contributed by atoms with E-state index in [4.69, 9.17) is 5.84 Å². The van der Waals surface area contributed by atoms with Gasteiger partial charge in [-0.2, -0.15) is 0 Å². The molecular weight excluding hydrogens is 236 g/mol. The van der Waals surface area contributed by atoms with Gasteiger partial charge in [0.2, 0.25) is 0 Å². The van der Waals surface area contributed by atoms with Gasteiger partial charge in [-0.15, -0.1) is 0 Å². The van der Waals surface area contributed by atoms with Gasteiger partial charge in [0, 0.05) is 24.1 Å². The molecule has 0 radical (unpaired) electrons. The third-order valence-corrected chi connectivity index (χ3v) is 3.38. The lowest BCUT2D eigenvalue weighted by Crippen LogP contribution is -2.11. The number of aryl methyl sites for hydroxylation is 1. The monoisotopic (exact) mass is 254 g/mol. The van der Waals surface area contributed by atoms with Crippen LogP contribution in [0.3, 0.4) is 0 Å². The molecule has 0 spiro atoms. The van der Waals surface area contributed by atoms with E-state index in [1.54, 1.807) is 0 Å². The topological polar surface area (TPSA) is 63.8 Å². The summed E-state index contributed by atoms with van der Waals surface area (Å²) in [4.78, 5) is 9.10. The molecule has 1 saturated carbocycles. The summed E-state index contributed by atoms with van der Waals surface area (Å²) in [7, 11) is 0. The van der Waals surface area contributed by atoms with Gasteiger partial charge in [-0.05, 0) is 25.3 Å². The van der Waals surface area contributed by atoms with Crippen LogP contribution in [0.1, 0.15) is 41.4 Å². The van der Waals surface area contributed by atoms with Crippen molar-refractivity contribution in [2.75, 3.05) is 5.43 Å². The van der Waals surface area contributed by atoms with Gasteiger partial charge in [-0.25, -0.2) is 15.8 Å². The van der Waals surface area contributed by atoms with Crippen LogP contribution in [0, 0.1) is 6.92 Å². The van der Waals surface area contributed by atoms with E-state index in [0.717, 1.165) is 17.9 Å². The highest BCUT2D eigenvalue weighted by Gasteiger charge is 2.26. The van der Waals surface area contributed by atoms with Crippen LogP contribution in [0.4, 0.5) is 5.82 Å². The Hall–Kier alpha value is -1.94. The lowest BCUT2D eigenvalue weighted by Gasteiger charge is -2.07. The molecule has 1 fully saturated rings. The zero-order valence-corrected chi connectivity index (χ0v) is 11.1. The summed E-state index contributed by atoms with van der Waals surface area (Å²) in [5.41, 5.74) is 6.24. The van der Waals surface area contributed by atoms with E-state index in [1.165, 1.54) is 24.0 Å². The molecule has 98 valence electrons. The van der Waals surface area contributed by atoms with Gasteiger partial charge in [0.05, 0.1) is 0 Å². The number of hydrogen-bond donors (Lipinski definition) is 2. The highest BCUT2D eigenvalue weighted by molar-refractivity contribution is 5.37. The fraction of sp³-hybridized carbons (Fsp3) is 0.333. The van der Waals surface area contributed by atoms with Crippen LogP contribution in [-0.2, 0) is 6.42 Å². The molecule has 1 aliphatic rings. The Morgan fingerprint density at radius 3 is 2.79 bits per heavy atom. The van der Waals surface area contributed by atoms with E-state index in [1.807, 2.05) is 6.07 Å². The summed E-state index contributed by atoms with van der Waals surface area (Å²) >= 11 is 0. The first-order valence-electron chi connectivity index (χ1n) is 6.64. The zero-order valence-electron chi connectivity index (χ0n) is 11.1. The SMILES string of the molecule is Cc1cccc(Cc2nc(NN)cc(C3CC3)n2)c1. The molecule has 0 unspecified atom stereocenters. The number of aromatic nitrogens is 2. The second-order valence-electron chi connectivity index (χ2n) is 5.18. The van der Waals surface area contributed by atoms with E-state index in [-0.39, 0.29) is 0 Å². The van der Waals surface area contributed by atoms with Gasteiger partial charge < -0.3 is 5.43 Å². The molecule has 0 aliphatic heterocycles. The van der Waals surface area contributed by atoms with Gasteiger partial charge in [-0.3, -0.25) is 0 Å². The quantitative estimate of drug-likeness (QED) is 0.650. The minimum atomic E-state index is 0.603. The highest BCUT2D eigenvalue weighted by Crippen LogP contribution is 2.39. The molecule has 0 bridgehead atoms. The summed E-state index contributed by atoms with van der Waals surface area (Å²) in [6.07, 6.45) is 3.20. The lowest BCUT2D eigenvalue weighted by atomic mass is 10.1. The van der Waals surface area contributed by atoms with E-state index in [0.29, 0.717) is 11.7 Å². The molecule has 1 heterocycles. The fourth-order valence-electron chi connectivity index (χ4n) is 2.26. The molecule has 3 rings (SSSR count). The van der Waals surface area contributed by atoms with Crippen molar-refractivity contribution in [3.05, 3.63) is 53.0 Å². The maximum absolute atomic E-state index is 5.49. The number of nitrogen functional groups attached to an aromatic ring is 1. The molecule has 0 saturated heterocycles. The first-order valence-corrected chi connectivity index (χ1v) is 6.64. The lowest BCUT2D eigenvalue weighted by molar-refractivity contribution is 0.898. The van der Waals surface area contributed by atoms with Gasteiger partial charge >= 0.3 is 0 Å². The van der Waals surface area contributed by atoms with Crippen molar-refractivity contribution in [3.8, 4) is 0 Å². The van der Waals surface area contributed by atoms with Crippen LogP contribution >= 0.6 is 0 Å². The highest BCUT2D eigenvalue weighted by atomic mass is 15.3. The van der Waals surface area contributed by atoms with Crippen molar-refractivity contribution in [3.63, 3.8) is 0 Å². The second-order valence-corrected chi connectivity index (χ2v) is 5.18. The normalized spacial score (nSPS) is 14.4. The Labute approximate surface area is 113 Å². The van der Waals surface area contributed by atoms with E-state index in [2.05, 4.69) is 46.6 Å². The summed E-state index contributed by atoms with van der Waals surface area (Å²) in [5.74, 6) is 7.63. The Morgan fingerprint density at radius 2 is 2.11 bits per heavy atom. The van der Waals surface area contributed by atoms with Crippen molar-refractivity contribution in [2.45, 2.75) is 32.1 Å². The largest absolute Gasteiger partial charge is 0.308 e. The van der Waals surface area contributed by atoms with Crippen LogP contribution in [0.5, 0.6) is 0 Å². The fourth-order valence-corrected chi connectivity index (χ4v) is 2.26. The first-order chi connectivity index (χ1) is 9.24. The third-order valence-electron chi connectivity index (χ3n) is 3.38. The average molecular weight is 254 g/mol. The van der Waals surface area contributed by atoms with Gasteiger partial charge in [-0.1, -0.05) is 29.8 Å². The minimum Gasteiger partial charge on any atom is -0.308 e. The minimum absolute atomic E-state index is 0.603. The number of anilines is 1. The Bertz CT molecular complexity index is 590.